The summed E-state index contributed by atoms with van der Waals surface area (Å²) in [6.45, 7) is 3.80. The number of amides is 1. The molecule has 0 saturated carbocycles. The van der Waals surface area contributed by atoms with Crippen LogP contribution < -0.4 is 26.8 Å². The van der Waals surface area contributed by atoms with Crippen LogP contribution in [0.4, 0.5) is 17.2 Å². The van der Waals surface area contributed by atoms with E-state index in [9.17, 15) is 4.79 Å². The summed E-state index contributed by atoms with van der Waals surface area (Å²) >= 11 is 0. The zero-order chi connectivity index (χ0) is 25.5. The first-order valence-electron chi connectivity index (χ1n) is 11.8. The lowest BCUT2D eigenvalue weighted by molar-refractivity contribution is 0.0919. The molecule has 1 amide bonds. The lowest BCUT2D eigenvalue weighted by Crippen LogP contribution is -2.28. The van der Waals surface area contributed by atoms with Crippen LogP contribution in [0.3, 0.4) is 0 Å². The Morgan fingerprint density at radius 1 is 1.14 bits per heavy atom. The minimum Gasteiger partial charge on any atom is -0.497 e. The minimum absolute atomic E-state index is 0.134. The molecule has 2 aromatic carbocycles. The van der Waals surface area contributed by atoms with Crippen LogP contribution in [0, 0.1) is 0 Å². The second-order valence-corrected chi connectivity index (χ2v) is 8.07. The molecule has 4 aromatic rings. The van der Waals surface area contributed by atoms with Crippen molar-refractivity contribution in [1.29, 1.82) is 0 Å². The Morgan fingerprint density at radius 2 is 2.00 bits per heavy atom. The smallest absolute Gasteiger partial charge is 0.251 e. The van der Waals surface area contributed by atoms with E-state index >= 15 is 0 Å². The van der Waals surface area contributed by atoms with Crippen molar-refractivity contribution in [3.63, 3.8) is 0 Å². The van der Waals surface area contributed by atoms with E-state index in [1.54, 1.807) is 25.6 Å². The van der Waals surface area contributed by atoms with Gasteiger partial charge in [0.05, 0.1) is 32.2 Å². The number of fused-ring (bicyclic) bond motifs is 1. The molecule has 0 bridgehead atoms. The number of methoxy groups -OCH3 is 1. The van der Waals surface area contributed by atoms with Crippen LogP contribution in [0.5, 0.6) is 5.75 Å². The number of carbonyl (C=O) groups excluding carboxylic acids is 1. The topological polar surface area (TPSA) is 142 Å². The van der Waals surface area contributed by atoms with Crippen molar-refractivity contribution in [2.75, 3.05) is 44.5 Å². The molecule has 0 atom stereocenters. The molecule has 0 spiro atoms. The number of aryl methyl sites for hydroxylation is 1. The zero-order valence-corrected chi connectivity index (χ0v) is 20.5. The van der Waals surface area contributed by atoms with Gasteiger partial charge >= 0.3 is 0 Å². The van der Waals surface area contributed by atoms with Gasteiger partial charge in [-0.1, -0.05) is 6.92 Å². The molecule has 0 aliphatic heterocycles. The summed E-state index contributed by atoms with van der Waals surface area (Å²) in [5.74, 6) is 1.15. The molecule has 6 N–H and O–H groups in total. The summed E-state index contributed by atoms with van der Waals surface area (Å²) < 4.78 is 12.5. The third-order valence-electron chi connectivity index (χ3n) is 5.75. The number of imidazole rings is 1. The van der Waals surface area contributed by atoms with Crippen LogP contribution in [-0.4, -0.2) is 53.7 Å². The molecule has 0 radical (unpaired) electrons. The van der Waals surface area contributed by atoms with E-state index in [-0.39, 0.29) is 5.91 Å². The number of hydrogen-bond acceptors (Lipinski definition) is 8. The predicted octanol–water partition coefficient (Wildman–Crippen LogP) is 3.00. The molecule has 2 aromatic heterocycles. The first kappa shape index (κ1) is 25.0. The summed E-state index contributed by atoms with van der Waals surface area (Å²) in [5, 5.41) is 6.23. The number of hydrogen-bond donors (Lipinski definition) is 4. The molecule has 0 fully saturated rings. The predicted molar refractivity (Wildman–Crippen MR) is 141 cm³/mol. The number of benzene rings is 2. The first-order valence-corrected chi connectivity index (χ1v) is 11.8. The number of nitrogen functional groups attached to an aromatic ring is 1. The fourth-order valence-electron chi connectivity index (χ4n) is 3.95. The Morgan fingerprint density at radius 3 is 2.75 bits per heavy atom. The van der Waals surface area contributed by atoms with Crippen LogP contribution in [0.15, 0.2) is 55.0 Å². The van der Waals surface area contributed by atoms with Gasteiger partial charge in [0.1, 0.15) is 5.75 Å². The lowest BCUT2D eigenvalue weighted by atomic mass is 10.0. The summed E-state index contributed by atoms with van der Waals surface area (Å²) in [5.41, 5.74) is 17.0. The SMILES string of the molecule is CCc1cc(Nc2nccn3c(-c4ccc(OC)cc4N)cnc23)ccc1C(=O)NCCOCCN. The maximum absolute atomic E-state index is 12.7. The van der Waals surface area contributed by atoms with Gasteiger partial charge in [-0.05, 0) is 42.3 Å². The number of nitrogens with one attached hydrogen (secondary N) is 2. The summed E-state index contributed by atoms with van der Waals surface area (Å²) in [4.78, 5) is 21.7. The minimum atomic E-state index is -0.134. The average molecular weight is 490 g/mol. The van der Waals surface area contributed by atoms with Gasteiger partial charge in [-0.15, -0.1) is 0 Å². The number of rotatable bonds is 11. The van der Waals surface area contributed by atoms with E-state index in [0.29, 0.717) is 61.2 Å². The van der Waals surface area contributed by atoms with E-state index in [1.165, 1.54) is 0 Å². The maximum Gasteiger partial charge on any atom is 0.251 e. The Balaban J connectivity index is 1.55. The average Bonchev–Trinajstić information content (AvgIpc) is 3.33. The number of aromatic nitrogens is 3. The van der Waals surface area contributed by atoms with Crippen LogP contribution in [0.25, 0.3) is 16.9 Å². The van der Waals surface area contributed by atoms with E-state index in [2.05, 4.69) is 20.6 Å². The van der Waals surface area contributed by atoms with Crippen LogP contribution >= 0.6 is 0 Å². The summed E-state index contributed by atoms with van der Waals surface area (Å²) in [6.07, 6.45) is 6.01. The normalized spacial score (nSPS) is 11.0. The molecule has 36 heavy (non-hydrogen) atoms. The van der Waals surface area contributed by atoms with Crippen molar-refractivity contribution < 1.29 is 14.3 Å². The zero-order valence-electron chi connectivity index (χ0n) is 20.5. The largest absolute Gasteiger partial charge is 0.497 e. The number of anilines is 3. The van der Waals surface area contributed by atoms with Crippen molar-refractivity contribution >= 4 is 28.7 Å². The van der Waals surface area contributed by atoms with Crippen molar-refractivity contribution in [3.8, 4) is 17.0 Å². The van der Waals surface area contributed by atoms with E-state index in [1.807, 2.05) is 47.9 Å². The second kappa shape index (κ2) is 11.5. The van der Waals surface area contributed by atoms with Gasteiger partial charge in [-0.25, -0.2) is 9.97 Å². The first-order chi connectivity index (χ1) is 17.5. The van der Waals surface area contributed by atoms with Crippen molar-refractivity contribution in [2.24, 2.45) is 5.73 Å². The Kier molecular flexibility index (Phi) is 7.99. The Labute approximate surface area is 209 Å². The van der Waals surface area contributed by atoms with Gasteiger partial charge in [-0.2, -0.15) is 0 Å². The van der Waals surface area contributed by atoms with Gasteiger partial charge in [0.2, 0.25) is 0 Å². The molecule has 188 valence electrons. The van der Waals surface area contributed by atoms with Crippen molar-refractivity contribution in [1.82, 2.24) is 19.7 Å². The summed E-state index contributed by atoms with van der Waals surface area (Å²) in [7, 11) is 1.61. The number of nitrogens with two attached hydrogens (primary N) is 2. The van der Waals surface area contributed by atoms with Crippen molar-refractivity contribution in [3.05, 3.63) is 66.1 Å². The quantitative estimate of drug-likeness (QED) is 0.186. The van der Waals surface area contributed by atoms with Gasteiger partial charge < -0.3 is 31.6 Å². The number of nitrogens with zero attached hydrogens (tertiary/aromatic N) is 3. The lowest BCUT2D eigenvalue weighted by Gasteiger charge is -2.13. The fourth-order valence-corrected chi connectivity index (χ4v) is 3.95. The van der Waals surface area contributed by atoms with Gasteiger partial charge in [-0.3, -0.25) is 9.20 Å². The monoisotopic (exact) mass is 489 g/mol. The highest BCUT2D eigenvalue weighted by atomic mass is 16.5. The van der Waals surface area contributed by atoms with E-state index < -0.39 is 0 Å². The van der Waals surface area contributed by atoms with E-state index in [4.69, 9.17) is 20.9 Å². The molecule has 0 unspecified atom stereocenters. The molecule has 2 heterocycles. The Bertz CT molecular complexity index is 1350. The number of ether oxygens (including phenoxy) is 2. The number of carbonyl (C=O) groups is 1. The highest BCUT2D eigenvalue weighted by Gasteiger charge is 2.15. The molecule has 0 saturated heterocycles. The molecule has 0 aliphatic rings. The molecule has 0 aliphatic carbocycles. The van der Waals surface area contributed by atoms with Crippen LogP contribution in [-0.2, 0) is 11.2 Å². The molecule has 10 nitrogen and oxygen atoms in total. The van der Waals surface area contributed by atoms with Crippen molar-refractivity contribution in [2.45, 2.75) is 13.3 Å². The second-order valence-electron chi connectivity index (χ2n) is 8.07. The molecular formula is C26H31N7O3. The van der Waals surface area contributed by atoms with Gasteiger partial charge in [0, 0.05) is 54.1 Å². The van der Waals surface area contributed by atoms with Crippen LogP contribution in [0.1, 0.15) is 22.8 Å². The third-order valence-corrected chi connectivity index (χ3v) is 5.75. The highest BCUT2D eigenvalue weighted by molar-refractivity contribution is 5.96. The molecule has 4 rings (SSSR count). The maximum atomic E-state index is 12.7. The highest BCUT2D eigenvalue weighted by Crippen LogP contribution is 2.31. The van der Waals surface area contributed by atoms with E-state index in [0.717, 1.165) is 22.5 Å². The Hall–Kier alpha value is -4.15. The van der Waals surface area contributed by atoms with Gasteiger partial charge in [0.25, 0.3) is 5.91 Å². The molecule has 10 heteroatoms. The fraction of sp³-hybridized carbons (Fsp3) is 0.269. The molecular weight excluding hydrogens is 458 g/mol. The van der Waals surface area contributed by atoms with Crippen LogP contribution in [0.2, 0.25) is 0 Å². The van der Waals surface area contributed by atoms with Gasteiger partial charge in [0.15, 0.2) is 11.5 Å². The summed E-state index contributed by atoms with van der Waals surface area (Å²) in [6, 6.07) is 11.2. The third kappa shape index (κ3) is 5.40. The standard InChI is InChI=1S/C26H31N7O3/c1-3-17-14-18(4-6-20(17)26(34)30-10-13-36-12-8-27)32-24-25-31-16-23(33(25)11-9-29-24)21-7-5-19(35-2)15-22(21)28/h4-7,9,11,14-16H,3,8,10,12-13,27-28H2,1-2H3,(H,29,32)(H,30,34).